The van der Waals surface area contributed by atoms with E-state index in [-0.39, 0.29) is 5.69 Å². The number of carbonyl (C=O) groups is 1. The van der Waals surface area contributed by atoms with E-state index in [0.717, 1.165) is 34.2 Å². The Morgan fingerprint density at radius 3 is 2.55 bits per heavy atom. The summed E-state index contributed by atoms with van der Waals surface area (Å²) in [6.45, 7) is 3.85. The van der Waals surface area contributed by atoms with Crippen molar-refractivity contribution < 1.29 is 13.6 Å². The van der Waals surface area contributed by atoms with E-state index in [0.29, 0.717) is 23.4 Å². The summed E-state index contributed by atoms with van der Waals surface area (Å²) in [5.74, 6) is -0.358. The lowest BCUT2D eigenvalue weighted by Crippen LogP contribution is -2.20. The Morgan fingerprint density at radius 2 is 1.84 bits per heavy atom. The van der Waals surface area contributed by atoms with E-state index in [9.17, 15) is 13.6 Å². The van der Waals surface area contributed by atoms with E-state index in [1.54, 1.807) is 16.6 Å². The van der Waals surface area contributed by atoms with Gasteiger partial charge in [-0.25, -0.2) is 18.6 Å². The smallest absolute Gasteiger partial charge is 0.308 e. The number of hydrogen-bond donors (Lipinski definition) is 2. The average molecular weight is 440 g/mol. The molecule has 0 fully saturated rings. The SMILES string of the molecule is CCc1cc(Sc2ccc(NC(=O)Nc3ccc(F)cc3F)cc2)n2nc(C)nc2n1. The first-order valence-electron chi connectivity index (χ1n) is 9.45. The van der Waals surface area contributed by atoms with Gasteiger partial charge in [-0.15, -0.1) is 5.10 Å². The minimum atomic E-state index is -0.847. The third-order valence-corrected chi connectivity index (χ3v) is 5.32. The second-order valence-electron chi connectivity index (χ2n) is 6.64. The van der Waals surface area contributed by atoms with E-state index in [1.165, 1.54) is 11.8 Å². The van der Waals surface area contributed by atoms with Crippen LogP contribution < -0.4 is 10.6 Å². The number of nitrogens with zero attached hydrogens (tertiary/aromatic N) is 4. The van der Waals surface area contributed by atoms with Gasteiger partial charge in [0, 0.05) is 22.3 Å². The van der Waals surface area contributed by atoms with Gasteiger partial charge in [0.25, 0.3) is 5.78 Å². The van der Waals surface area contributed by atoms with Crippen molar-refractivity contribution in [3.8, 4) is 0 Å². The zero-order valence-electron chi connectivity index (χ0n) is 16.7. The second kappa shape index (κ2) is 8.68. The molecule has 4 rings (SSSR count). The molecule has 2 aromatic heterocycles. The van der Waals surface area contributed by atoms with Gasteiger partial charge in [-0.05, 0) is 55.8 Å². The number of aryl methyl sites for hydroxylation is 2. The number of benzene rings is 2. The fraction of sp³-hybridized carbons (Fsp3) is 0.143. The van der Waals surface area contributed by atoms with Crippen LogP contribution in [-0.2, 0) is 6.42 Å². The average Bonchev–Trinajstić information content (AvgIpc) is 3.12. The number of carbonyl (C=O) groups excluding carboxylic acids is 1. The van der Waals surface area contributed by atoms with Gasteiger partial charge in [-0.1, -0.05) is 18.7 Å². The summed E-state index contributed by atoms with van der Waals surface area (Å²) in [7, 11) is 0. The minimum Gasteiger partial charge on any atom is -0.308 e. The van der Waals surface area contributed by atoms with Crippen molar-refractivity contribution in [2.24, 2.45) is 0 Å². The Labute approximate surface area is 180 Å². The molecule has 158 valence electrons. The van der Waals surface area contributed by atoms with Crippen LogP contribution in [0.3, 0.4) is 0 Å². The molecular formula is C21H18F2N6OS. The molecule has 0 aliphatic heterocycles. The van der Waals surface area contributed by atoms with Crippen LogP contribution in [0.5, 0.6) is 0 Å². The van der Waals surface area contributed by atoms with Crippen LogP contribution in [0.2, 0.25) is 0 Å². The molecule has 0 saturated heterocycles. The highest BCUT2D eigenvalue weighted by atomic mass is 32.2. The Morgan fingerprint density at radius 1 is 1.06 bits per heavy atom. The van der Waals surface area contributed by atoms with Gasteiger partial charge in [-0.3, -0.25) is 0 Å². The summed E-state index contributed by atoms with van der Waals surface area (Å²) in [6.07, 6.45) is 0.780. The number of anilines is 2. The normalized spacial score (nSPS) is 11.0. The highest BCUT2D eigenvalue weighted by Crippen LogP contribution is 2.29. The van der Waals surface area contributed by atoms with Gasteiger partial charge in [0.05, 0.1) is 5.69 Å². The van der Waals surface area contributed by atoms with Crippen molar-refractivity contribution in [1.29, 1.82) is 0 Å². The third kappa shape index (κ3) is 4.80. The lowest BCUT2D eigenvalue weighted by atomic mass is 10.3. The highest BCUT2D eigenvalue weighted by Gasteiger charge is 2.11. The molecule has 0 radical (unpaired) electrons. The Bertz CT molecular complexity index is 1260. The summed E-state index contributed by atoms with van der Waals surface area (Å²) in [6, 6.07) is 11.4. The van der Waals surface area contributed by atoms with E-state index in [4.69, 9.17) is 0 Å². The van der Waals surface area contributed by atoms with Gasteiger partial charge in [-0.2, -0.15) is 9.50 Å². The molecule has 31 heavy (non-hydrogen) atoms. The summed E-state index contributed by atoms with van der Waals surface area (Å²) < 4.78 is 28.4. The molecule has 2 N–H and O–H groups in total. The summed E-state index contributed by atoms with van der Waals surface area (Å²) >= 11 is 1.50. The molecule has 10 heteroatoms. The maximum absolute atomic E-state index is 13.7. The summed E-state index contributed by atoms with van der Waals surface area (Å²) in [4.78, 5) is 21.9. The van der Waals surface area contributed by atoms with Crippen molar-refractivity contribution >= 4 is 34.9 Å². The van der Waals surface area contributed by atoms with E-state index in [2.05, 4.69) is 25.7 Å². The number of halogens is 2. The Balaban J connectivity index is 1.46. The van der Waals surface area contributed by atoms with Crippen molar-refractivity contribution in [2.45, 2.75) is 30.2 Å². The number of nitrogens with one attached hydrogen (secondary N) is 2. The number of urea groups is 1. The number of aromatic nitrogens is 4. The predicted molar refractivity (Wildman–Crippen MR) is 114 cm³/mol. The molecule has 2 amide bonds. The van der Waals surface area contributed by atoms with Gasteiger partial charge in [0.2, 0.25) is 0 Å². The maximum Gasteiger partial charge on any atom is 0.323 e. The topological polar surface area (TPSA) is 84.2 Å². The van der Waals surface area contributed by atoms with Crippen molar-refractivity contribution in [2.75, 3.05) is 10.6 Å². The van der Waals surface area contributed by atoms with Crippen LogP contribution in [0.25, 0.3) is 5.78 Å². The molecule has 0 bridgehead atoms. The lowest BCUT2D eigenvalue weighted by molar-refractivity contribution is 0.262. The van der Waals surface area contributed by atoms with Crippen LogP contribution in [0.15, 0.2) is 58.5 Å². The molecule has 0 saturated carbocycles. The van der Waals surface area contributed by atoms with Gasteiger partial charge >= 0.3 is 6.03 Å². The van der Waals surface area contributed by atoms with Crippen LogP contribution in [-0.4, -0.2) is 25.6 Å². The molecule has 0 spiro atoms. The maximum atomic E-state index is 13.7. The largest absolute Gasteiger partial charge is 0.323 e. The first kappa shape index (κ1) is 20.7. The standard InChI is InChI=1S/C21H18F2N6OS/c1-3-14-11-19(29-20(25-14)24-12(2)28-29)31-16-7-5-15(6-8-16)26-21(30)27-18-9-4-13(22)10-17(18)23/h4-11H,3H2,1-2H3,(H2,26,27,30). The van der Waals surface area contributed by atoms with Crippen molar-refractivity contribution in [1.82, 2.24) is 19.6 Å². The number of rotatable bonds is 5. The Kier molecular flexibility index (Phi) is 5.81. The van der Waals surface area contributed by atoms with E-state index in [1.807, 2.05) is 32.0 Å². The van der Waals surface area contributed by atoms with Gasteiger partial charge < -0.3 is 10.6 Å². The molecule has 2 aromatic carbocycles. The van der Waals surface area contributed by atoms with E-state index >= 15 is 0 Å². The highest BCUT2D eigenvalue weighted by molar-refractivity contribution is 7.99. The first-order valence-corrected chi connectivity index (χ1v) is 10.3. The molecule has 0 aliphatic carbocycles. The molecule has 0 atom stereocenters. The van der Waals surface area contributed by atoms with Crippen LogP contribution in [0.1, 0.15) is 18.4 Å². The lowest BCUT2D eigenvalue weighted by Gasteiger charge is -2.10. The Hall–Kier alpha value is -3.53. The zero-order chi connectivity index (χ0) is 22.0. The molecule has 0 aliphatic rings. The zero-order valence-corrected chi connectivity index (χ0v) is 17.5. The molecule has 0 unspecified atom stereocenters. The minimum absolute atomic E-state index is 0.109. The fourth-order valence-electron chi connectivity index (χ4n) is 2.84. The quantitative estimate of drug-likeness (QED) is 0.424. The number of fused-ring (bicyclic) bond motifs is 1. The first-order chi connectivity index (χ1) is 14.9. The molecular weight excluding hydrogens is 422 g/mol. The summed E-state index contributed by atoms with van der Waals surface area (Å²) in [5, 5.41) is 10.2. The second-order valence-corrected chi connectivity index (χ2v) is 7.73. The molecule has 4 aromatic rings. The molecule has 7 nitrogen and oxygen atoms in total. The number of hydrogen-bond acceptors (Lipinski definition) is 5. The number of amides is 2. The predicted octanol–water partition coefficient (Wildman–Crippen LogP) is 5.07. The summed E-state index contributed by atoms with van der Waals surface area (Å²) in [5.41, 5.74) is 1.34. The van der Waals surface area contributed by atoms with Crippen LogP contribution in [0.4, 0.5) is 25.0 Å². The van der Waals surface area contributed by atoms with Gasteiger partial charge in [0.1, 0.15) is 22.5 Å². The van der Waals surface area contributed by atoms with Gasteiger partial charge in [0.15, 0.2) is 0 Å². The fourth-order valence-corrected chi connectivity index (χ4v) is 3.76. The monoisotopic (exact) mass is 440 g/mol. The van der Waals surface area contributed by atoms with E-state index < -0.39 is 17.7 Å². The van der Waals surface area contributed by atoms with Crippen molar-refractivity contribution in [3.05, 3.63) is 71.7 Å². The van der Waals surface area contributed by atoms with Crippen molar-refractivity contribution in [3.63, 3.8) is 0 Å². The van der Waals surface area contributed by atoms with Crippen LogP contribution >= 0.6 is 11.8 Å². The third-order valence-electron chi connectivity index (χ3n) is 4.31. The van der Waals surface area contributed by atoms with Crippen LogP contribution in [0, 0.1) is 18.6 Å². The molecule has 2 heterocycles.